The number of hydrogen-bond acceptors (Lipinski definition) is 3. The molecule has 0 saturated heterocycles. The molecule has 1 aliphatic rings. The van der Waals surface area contributed by atoms with E-state index in [2.05, 4.69) is 4.72 Å². The predicted octanol–water partition coefficient (Wildman–Crippen LogP) is 2.30. The molecule has 4 nitrogen and oxygen atoms in total. The van der Waals surface area contributed by atoms with Crippen molar-refractivity contribution in [1.29, 1.82) is 0 Å². The first-order valence-electron chi connectivity index (χ1n) is 5.38. The van der Waals surface area contributed by atoms with Crippen LogP contribution in [-0.4, -0.2) is 18.6 Å². The molecule has 1 aliphatic carbocycles. The monoisotopic (exact) mass is 319 g/mol. The van der Waals surface area contributed by atoms with Crippen molar-refractivity contribution >= 4 is 33.2 Å². The second kappa shape index (κ2) is 5.17. The summed E-state index contributed by atoms with van der Waals surface area (Å²) in [5, 5.41) is 7.93. The molecular formula is C12H11Cl2NO3S. The molecule has 0 amide bonds. The number of nitrogens with one attached hydrogen (secondary N) is 1. The van der Waals surface area contributed by atoms with E-state index in [0.29, 0.717) is 0 Å². The van der Waals surface area contributed by atoms with Crippen molar-refractivity contribution in [3.05, 3.63) is 53.2 Å². The van der Waals surface area contributed by atoms with Crippen molar-refractivity contribution < 1.29 is 13.5 Å². The molecule has 0 bridgehead atoms. The summed E-state index contributed by atoms with van der Waals surface area (Å²) in [6.07, 6.45) is 2.79. The fourth-order valence-electron chi connectivity index (χ4n) is 1.53. The van der Waals surface area contributed by atoms with E-state index in [0.717, 1.165) is 0 Å². The summed E-state index contributed by atoms with van der Waals surface area (Å²) < 4.78 is 26.5. The summed E-state index contributed by atoms with van der Waals surface area (Å²) in [5.41, 5.74) is 0.277. The third kappa shape index (κ3) is 3.30. The van der Waals surface area contributed by atoms with E-state index >= 15 is 0 Å². The van der Waals surface area contributed by atoms with Crippen LogP contribution in [-0.2, 0) is 10.0 Å². The van der Waals surface area contributed by atoms with E-state index in [-0.39, 0.29) is 22.0 Å². The van der Waals surface area contributed by atoms with Crippen LogP contribution < -0.4 is 4.72 Å². The molecule has 2 rings (SSSR count). The van der Waals surface area contributed by atoms with Crippen LogP contribution in [0, 0.1) is 0 Å². The lowest BCUT2D eigenvalue weighted by Crippen LogP contribution is -2.28. The first-order valence-corrected chi connectivity index (χ1v) is 7.62. The van der Waals surface area contributed by atoms with Crippen LogP contribution in [0.5, 0.6) is 0 Å². The van der Waals surface area contributed by atoms with E-state index in [9.17, 15) is 13.5 Å². The Morgan fingerprint density at radius 2 is 1.89 bits per heavy atom. The van der Waals surface area contributed by atoms with Crippen LogP contribution in [0.25, 0.3) is 0 Å². The molecule has 0 fully saturated rings. The Labute approximate surface area is 121 Å². The molecule has 0 spiro atoms. The lowest BCUT2D eigenvalue weighted by molar-refractivity contribution is 0.176. The number of hydrogen-bond donors (Lipinski definition) is 2. The lowest BCUT2D eigenvalue weighted by atomic mass is 10.1. The highest BCUT2D eigenvalue weighted by molar-refractivity contribution is 7.89. The highest BCUT2D eigenvalue weighted by atomic mass is 35.5. The van der Waals surface area contributed by atoms with Gasteiger partial charge in [-0.1, -0.05) is 47.5 Å². The molecule has 1 unspecified atom stereocenters. The molecule has 1 aromatic carbocycles. The average molecular weight is 320 g/mol. The molecule has 2 N–H and O–H groups in total. The van der Waals surface area contributed by atoms with Gasteiger partial charge in [0.25, 0.3) is 10.0 Å². The summed E-state index contributed by atoms with van der Waals surface area (Å²) in [6.45, 7) is 0. The van der Waals surface area contributed by atoms with Crippen LogP contribution >= 0.6 is 23.2 Å². The molecule has 0 saturated carbocycles. The fraction of sp³-hybridized carbons (Fsp3) is 0.167. The van der Waals surface area contributed by atoms with Gasteiger partial charge < -0.3 is 5.11 Å². The number of aliphatic hydroxyl groups is 1. The third-order valence-corrected chi connectivity index (χ3v) is 4.82. The van der Waals surface area contributed by atoms with Crippen LogP contribution in [0.4, 0.5) is 0 Å². The minimum atomic E-state index is -3.67. The number of sulfonamides is 1. The van der Waals surface area contributed by atoms with Gasteiger partial charge in [-0.2, -0.15) is 0 Å². The predicted molar refractivity (Wildman–Crippen MR) is 74.2 cm³/mol. The van der Waals surface area contributed by atoms with E-state index in [4.69, 9.17) is 23.2 Å². The zero-order valence-electron chi connectivity index (χ0n) is 9.68. The first-order chi connectivity index (χ1) is 8.81. The zero-order valence-corrected chi connectivity index (χ0v) is 12.0. The number of alkyl halides is 1. The Kier molecular flexibility index (Phi) is 3.92. The van der Waals surface area contributed by atoms with Crippen LogP contribution in [0.15, 0.2) is 58.1 Å². The van der Waals surface area contributed by atoms with Crippen molar-refractivity contribution in [3.63, 3.8) is 0 Å². The van der Waals surface area contributed by atoms with Gasteiger partial charge in [-0.25, -0.2) is 8.42 Å². The summed E-state index contributed by atoms with van der Waals surface area (Å²) in [4.78, 5) is 0.145. The fourth-order valence-corrected chi connectivity index (χ4v) is 2.95. The third-order valence-electron chi connectivity index (χ3n) is 2.55. The van der Waals surface area contributed by atoms with E-state index in [1.165, 1.54) is 24.3 Å². The Morgan fingerprint density at radius 1 is 1.26 bits per heavy atom. The van der Waals surface area contributed by atoms with Crippen molar-refractivity contribution in [2.45, 2.75) is 16.4 Å². The van der Waals surface area contributed by atoms with Gasteiger partial charge in [0.1, 0.15) is 0 Å². The van der Waals surface area contributed by atoms with Gasteiger partial charge in [0.15, 0.2) is 5.06 Å². The van der Waals surface area contributed by atoms with E-state index in [1.54, 1.807) is 18.2 Å². The summed E-state index contributed by atoms with van der Waals surface area (Å²) in [5.74, 6) is 0. The molecule has 102 valence electrons. The summed E-state index contributed by atoms with van der Waals surface area (Å²) in [6, 6.07) is 7.95. The number of allylic oxidation sites excluding steroid dienone is 1. The van der Waals surface area contributed by atoms with Gasteiger partial charge in [0.2, 0.25) is 0 Å². The van der Waals surface area contributed by atoms with E-state index < -0.39 is 15.1 Å². The largest absolute Gasteiger partial charge is 0.370 e. The number of benzene rings is 1. The molecule has 19 heavy (non-hydrogen) atoms. The smallest absolute Gasteiger partial charge is 0.261 e. The van der Waals surface area contributed by atoms with Gasteiger partial charge in [-0.05, 0) is 18.2 Å². The van der Waals surface area contributed by atoms with Crippen LogP contribution in [0.1, 0.15) is 6.42 Å². The quantitative estimate of drug-likeness (QED) is 0.840. The van der Waals surface area contributed by atoms with Gasteiger partial charge in [-0.3, -0.25) is 4.72 Å². The maximum absolute atomic E-state index is 12.0. The molecule has 0 aromatic heterocycles. The Bertz CT molecular complexity index is 636. The van der Waals surface area contributed by atoms with Crippen LogP contribution in [0.3, 0.4) is 0 Å². The molecule has 1 atom stereocenters. The van der Waals surface area contributed by atoms with Crippen LogP contribution in [0.2, 0.25) is 0 Å². The van der Waals surface area contributed by atoms with Crippen molar-refractivity contribution in [2.75, 3.05) is 0 Å². The maximum Gasteiger partial charge on any atom is 0.261 e. The highest BCUT2D eigenvalue weighted by Crippen LogP contribution is 2.34. The average Bonchev–Trinajstić information content (AvgIpc) is 2.35. The Balaban J connectivity index is 2.22. The topological polar surface area (TPSA) is 66.4 Å². The number of halogens is 2. The molecule has 0 heterocycles. The molecule has 7 heteroatoms. The molecular weight excluding hydrogens is 309 g/mol. The number of rotatable bonds is 3. The second-order valence-corrected chi connectivity index (χ2v) is 6.75. The summed E-state index contributed by atoms with van der Waals surface area (Å²) >= 11 is 11.5. The Morgan fingerprint density at radius 3 is 2.47 bits per heavy atom. The summed E-state index contributed by atoms with van der Waals surface area (Å²) in [7, 11) is -3.67. The zero-order chi connectivity index (χ0) is 14.1. The molecule has 0 radical (unpaired) electrons. The highest BCUT2D eigenvalue weighted by Gasteiger charge is 2.30. The minimum Gasteiger partial charge on any atom is -0.370 e. The Hall–Kier alpha value is -1.01. The normalized spacial score (nSPS) is 23.5. The minimum absolute atomic E-state index is 0.0243. The first kappa shape index (κ1) is 14.4. The van der Waals surface area contributed by atoms with Crippen molar-refractivity contribution in [2.24, 2.45) is 0 Å². The van der Waals surface area contributed by atoms with Gasteiger partial charge in [0, 0.05) is 12.1 Å². The lowest BCUT2D eigenvalue weighted by Gasteiger charge is -2.23. The molecule has 1 aromatic rings. The standard InChI is InChI=1S/C12H11Cl2NO3S/c13-11-8-9(6-7-12(11,14)16)15-19(17,18)10-4-2-1-3-5-10/h1-6,8,15-16H,7H2. The van der Waals surface area contributed by atoms with Gasteiger partial charge in [-0.15, -0.1) is 0 Å². The van der Waals surface area contributed by atoms with E-state index in [1.807, 2.05) is 0 Å². The van der Waals surface area contributed by atoms with Crippen molar-refractivity contribution in [1.82, 2.24) is 4.72 Å². The van der Waals surface area contributed by atoms with Gasteiger partial charge >= 0.3 is 0 Å². The molecule has 0 aliphatic heterocycles. The van der Waals surface area contributed by atoms with Gasteiger partial charge in [0.05, 0.1) is 9.93 Å². The second-order valence-electron chi connectivity index (χ2n) is 4.03. The van der Waals surface area contributed by atoms with Crippen molar-refractivity contribution in [3.8, 4) is 0 Å². The maximum atomic E-state index is 12.0. The SMILES string of the molecule is O=S(=O)(NC1=CCC(O)(Cl)C(Cl)=C1)c1ccccc1.